The number of anilines is 1. The fourth-order valence-electron chi connectivity index (χ4n) is 5.21. The summed E-state index contributed by atoms with van der Waals surface area (Å²) in [6, 6.07) is 16.0. The lowest BCUT2D eigenvalue weighted by molar-refractivity contribution is -0.160. The van der Waals surface area contributed by atoms with Crippen molar-refractivity contribution in [3.05, 3.63) is 71.5 Å². The molecule has 4 rings (SSSR count). The first-order valence-corrected chi connectivity index (χ1v) is 14.4. The minimum atomic E-state index is -1.13. The maximum Gasteiger partial charge on any atom is 0.337 e. The van der Waals surface area contributed by atoms with E-state index in [1.165, 1.54) is 5.56 Å². The standard InChI is InChI=1S/C34H44N2O5/c1-23-29(31(32(37)38)41-33(2,3)4)30(36-19-17-34(5,6)18-20-36)28(22-35-23)25-10-14-27(15-11-25)40-21-16-24-8-12-26(39-7)13-9-24/h8-15,22,31H,16-21H2,1-7H3,(H,37,38). The third kappa shape index (κ3) is 7.79. The first kappa shape index (κ1) is 30.4. The van der Waals surface area contributed by atoms with Crippen LogP contribution in [0.2, 0.25) is 0 Å². The van der Waals surface area contributed by atoms with Crippen LogP contribution in [0, 0.1) is 12.3 Å². The molecule has 3 aromatic rings. The molecule has 1 unspecified atom stereocenters. The summed E-state index contributed by atoms with van der Waals surface area (Å²) in [5.41, 5.74) is 4.85. The molecule has 2 heterocycles. The average molecular weight is 561 g/mol. The van der Waals surface area contributed by atoms with Crippen LogP contribution in [0.5, 0.6) is 11.5 Å². The second kappa shape index (κ2) is 12.5. The maximum atomic E-state index is 12.6. The maximum absolute atomic E-state index is 12.6. The molecule has 0 radical (unpaired) electrons. The Labute approximate surface area is 244 Å². The zero-order valence-electron chi connectivity index (χ0n) is 25.5. The fraction of sp³-hybridized carbons (Fsp3) is 0.471. The first-order valence-electron chi connectivity index (χ1n) is 14.4. The number of piperidine rings is 1. The smallest absolute Gasteiger partial charge is 0.337 e. The Hall–Kier alpha value is -3.58. The number of ether oxygens (including phenoxy) is 3. The van der Waals surface area contributed by atoms with E-state index in [-0.39, 0.29) is 5.41 Å². The normalized spacial score (nSPS) is 15.8. The lowest BCUT2D eigenvalue weighted by Crippen LogP contribution is -2.39. The van der Waals surface area contributed by atoms with Crippen molar-refractivity contribution in [3.63, 3.8) is 0 Å². The quantitative estimate of drug-likeness (QED) is 0.280. The molecule has 0 amide bonds. The predicted octanol–water partition coefficient (Wildman–Crippen LogP) is 7.25. The van der Waals surface area contributed by atoms with Gasteiger partial charge in [-0.25, -0.2) is 4.79 Å². The molecule has 0 spiro atoms. The Morgan fingerprint density at radius 3 is 2.20 bits per heavy atom. The SMILES string of the molecule is COc1ccc(CCOc2ccc(-c3cnc(C)c(C(OC(C)(C)C)C(=O)O)c3N3CCC(C)(C)CC3)cc2)cc1. The van der Waals surface area contributed by atoms with Gasteiger partial charge in [-0.05, 0) is 81.3 Å². The molecule has 1 aliphatic heterocycles. The molecular weight excluding hydrogens is 516 g/mol. The van der Waals surface area contributed by atoms with Gasteiger partial charge in [-0.1, -0.05) is 38.1 Å². The molecule has 1 fully saturated rings. The number of aliphatic carboxylic acids is 1. The second-order valence-electron chi connectivity index (χ2n) is 12.6. The molecule has 7 nitrogen and oxygen atoms in total. The van der Waals surface area contributed by atoms with Gasteiger partial charge in [0.25, 0.3) is 0 Å². The monoisotopic (exact) mass is 560 g/mol. The van der Waals surface area contributed by atoms with Crippen molar-refractivity contribution in [2.24, 2.45) is 5.41 Å². The molecule has 1 aliphatic rings. The van der Waals surface area contributed by atoms with E-state index in [9.17, 15) is 9.90 Å². The van der Waals surface area contributed by atoms with E-state index in [1.807, 2.05) is 82.4 Å². The molecule has 0 bridgehead atoms. The Kier molecular flexibility index (Phi) is 9.27. The number of hydrogen-bond acceptors (Lipinski definition) is 6. The number of nitrogens with zero attached hydrogens (tertiary/aromatic N) is 2. The van der Waals surface area contributed by atoms with Crippen LogP contribution in [-0.2, 0) is 16.0 Å². The van der Waals surface area contributed by atoms with Crippen molar-refractivity contribution in [2.45, 2.75) is 72.5 Å². The number of pyridine rings is 1. The molecule has 220 valence electrons. The van der Waals surface area contributed by atoms with Gasteiger partial charge in [0, 0.05) is 42.5 Å². The first-order chi connectivity index (χ1) is 19.4. The predicted molar refractivity (Wildman–Crippen MR) is 163 cm³/mol. The fourth-order valence-corrected chi connectivity index (χ4v) is 5.21. The topological polar surface area (TPSA) is 81.1 Å². The third-order valence-electron chi connectivity index (χ3n) is 7.66. The second-order valence-corrected chi connectivity index (χ2v) is 12.6. The van der Waals surface area contributed by atoms with Crippen molar-refractivity contribution >= 4 is 11.7 Å². The summed E-state index contributed by atoms with van der Waals surface area (Å²) in [5.74, 6) is 0.607. The van der Waals surface area contributed by atoms with Gasteiger partial charge in [0.1, 0.15) is 11.5 Å². The van der Waals surface area contributed by atoms with Gasteiger partial charge in [-0.2, -0.15) is 0 Å². The number of aromatic nitrogens is 1. The van der Waals surface area contributed by atoms with Gasteiger partial charge in [0.05, 0.1) is 25.0 Å². The van der Waals surface area contributed by atoms with E-state index >= 15 is 0 Å². The molecule has 0 saturated carbocycles. The zero-order chi connectivity index (χ0) is 29.8. The van der Waals surface area contributed by atoms with Gasteiger partial charge < -0.3 is 24.2 Å². The van der Waals surface area contributed by atoms with Crippen LogP contribution in [0.25, 0.3) is 11.1 Å². The summed E-state index contributed by atoms with van der Waals surface area (Å²) in [6.07, 6.45) is 3.56. The number of rotatable bonds is 10. The number of hydrogen-bond donors (Lipinski definition) is 1. The molecular formula is C34H44N2O5. The summed E-state index contributed by atoms with van der Waals surface area (Å²) >= 11 is 0. The van der Waals surface area contributed by atoms with Crippen LogP contribution in [0.15, 0.2) is 54.7 Å². The number of carbonyl (C=O) groups is 1. The summed E-state index contributed by atoms with van der Waals surface area (Å²) in [4.78, 5) is 19.6. The van der Waals surface area contributed by atoms with E-state index in [4.69, 9.17) is 14.2 Å². The van der Waals surface area contributed by atoms with Crippen molar-refractivity contribution in [1.82, 2.24) is 4.98 Å². The summed E-state index contributed by atoms with van der Waals surface area (Å²) in [7, 11) is 1.66. The minimum absolute atomic E-state index is 0.248. The lowest BCUT2D eigenvalue weighted by Gasteiger charge is -2.41. The molecule has 1 aromatic heterocycles. The van der Waals surface area contributed by atoms with Crippen LogP contribution in [0.4, 0.5) is 5.69 Å². The van der Waals surface area contributed by atoms with E-state index in [2.05, 4.69) is 23.7 Å². The summed E-state index contributed by atoms with van der Waals surface area (Å²) in [6.45, 7) is 14.3. The molecule has 41 heavy (non-hydrogen) atoms. The molecule has 2 aromatic carbocycles. The highest BCUT2D eigenvalue weighted by Crippen LogP contribution is 2.43. The van der Waals surface area contributed by atoms with Crippen LogP contribution in [0.1, 0.15) is 70.4 Å². The van der Waals surface area contributed by atoms with E-state index in [0.29, 0.717) is 17.9 Å². The lowest BCUT2D eigenvalue weighted by atomic mass is 9.82. The van der Waals surface area contributed by atoms with Crippen LogP contribution in [0.3, 0.4) is 0 Å². The van der Waals surface area contributed by atoms with Crippen LogP contribution in [-0.4, -0.2) is 48.5 Å². The summed E-state index contributed by atoms with van der Waals surface area (Å²) in [5, 5.41) is 10.3. The largest absolute Gasteiger partial charge is 0.497 e. The third-order valence-corrected chi connectivity index (χ3v) is 7.66. The van der Waals surface area contributed by atoms with E-state index < -0.39 is 17.7 Å². The zero-order valence-corrected chi connectivity index (χ0v) is 25.5. The molecule has 1 saturated heterocycles. The van der Waals surface area contributed by atoms with E-state index in [1.54, 1.807) is 7.11 Å². The molecule has 1 N–H and O–H groups in total. The van der Waals surface area contributed by atoms with Gasteiger partial charge in [-0.3, -0.25) is 4.98 Å². The van der Waals surface area contributed by atoms with Crippen LogP contribution < -0.4 is 14.4 Å². The number of benzene rings is 2. The van der Waals surface area contributed by atoms with Crippen LogP contribution >= 0.6 is 0 Å². The molecule has 7 heteroatoms. The highest BCUT2D eigenvalue weighted by Gasteiger charge is 2.35. The minimum Gasteiger partial charge on any atom is -0.497 e. The van der Waals surface area contributed by atoms with Gasteiger partial charge in [0.15, 0.2) is 6.10 Å². The van der Waals surface area contributed by atoms with Gasteiger partial charge >= 0.3 is 5.97 Å². The Bertz CT molecular complexity index is 1320. The highest BCUT2D eigenvalue weighted by molar-refractivity contribution is 5.86. The van der Waals surface area contributed by atoms with E-state index in [0.717, 1.165) is 60.7 Å². The van der Waals surface area contributed by atoms with Crippen molar-refractivity contribution in [2.75, 3.05) is 31.7 Å². The van der Waals surface area contributed by atoms with Gasteiger partial charge in [0.2, 0.25) is 0 Å². The number of carboxylic acids is 1. The molecule has 1 atom stereocenters. The number of aryl methyl sites for hydroxylation is 1. The van der Waals surface area contributed by atoms with Crippen molar-refractivity contribution in [1.29, 1.82) is 0 Å². The number of carboxylic acid groups (broad SMARTS) is 1. The van der Waals surface area contributed by atoms with Crippen molar-refractivity contribution < 1.29 is 24.1 Å². The Balaban J connectivity index is 1.64. The van der Waals surface area contributed by atoms with Gasteiger partial charge in [-0.15, -0.1) is 0 Å². The average Bonchev–Trinajstić information content (AvgIpc) is 2.92. The number of methoxy groups -OCH3 is 1. The Morgan fingerprint density at radius 2 is 1.63 bits per heavy atom. The summed E-state index contributed by atoms with van der Waals surface area (Å²) < 4.78 is 17.4. The Morgan fingerprint density at radius 1 is 1.02 bits per heavy atom. The van der Waals surface area contributed by atoms with Crippen molar-refractivity contribution in [3.8, 4) is 22.6 Å². The molecule has 0 aliphatic carbocycles. The highest BCUT2D eigenvalue weighted by atomic mass is 16.5.